The molecule has 4 rings (SSSR count). The summed E-state index contributed by atoms with van der Waals surface area (Å²) in [4.78, 5) is 44.8. The average Bonchev–Trinajstić information content (AvgIpc) is 2.86. The van der Waals surface area contributed by atoms with Crippen LogP contribution in [0.15, 0.2) is 59.8 Å². The first-order valence-electron chi connectivity index (χ1n) is 12.3. The fourth-order valence-electron chi connectivity index (χ4n) is 4.97. The van der Waals surface area contributed by atoms with E-state index in [0.29, 0.717) is 42.5 Å². The molecule has 2 aliphatic heterocycles. The number of aryl methyl sites for hydroxylation is 1. The number of ether oxygens (including phenoxy) is 1. The van der Waals surface area contributed by atoms with Gasteiger partial charge in [0.05, 0.1) is 12.2 Å². The molecule has 2 amide bonds. The van der Waals surface area contributed by atoms with Gasteiger partial charge in [-0.25, -0.2) is 4.79 Å². The zero-order valence-electron chi connectivity index (χ0n) is 21.0. The summed E-state index contributed by atoms with van der Waals surface area (Å²) in [6.07, 6.45) is 0.116. The van der Waals surface area contributed by atoms with Gasteiger partial charge in [0.2, 0.25) is 11.8 Å². The smallest absolute Gasteiger partial charge is 0.336 e. The number of esters is 1. The Morgan fingerprint density at radius 3 is 2.42 bits per heavy atom. The number of anilines is 1. The van der Waals surface area contributed by atoms with Gasteiger partial charge in [-0.2, -0.15) is 0 Å². The third kappa shape index (κ3) is 5.57. The van der Waals surface area contributed by atoms with Crippen LogP contribution in [0.5, 0.6) is 0 Å². The first kappa shape index (κ1) is 25.8. The standard InChI is InChI=1S/C28H32ClN3O4/c1-4-36-28(35)27-20(3)32(25(33)17-24(27)21-8-5-7-19(2)15-21)18-26(34)31-13-11-30(12-14-31)23-10-6-9-22(29)16-23/h5-10,15-16,24H,4,11-14,17-18H2,1-3H3. The van der Waals surface area contributed by atoms with Crippen LogP contribution in [-0.2, 0) is 19.1 Å². The first-order valence-corrected chi connectivity index (χ1v) is 12.7. The van der Waals surface area contributed by atoms with Crippen LogP contribution in [-0.4, -0.2) is 66.9 Å². The predicted octanol–water partition coefficient (Wildman–Crippen LogP) is 4.15. The van der Waals surface area contributed by atoms with Crippen LogP contribution in [0, 0.1) is 6.92 Å². The summed E-state index contributed by atoms with van der Waals surface area (Å²) in [7, 11) is 0. The highest BCUT2D eigenvalue weighted by atomic mass is 35.5. The highest BCUT2D eigenvalue weighted by Crippen LogP contribution is 2.37. The van der Waals surface area contributed by atoms with Crippen molar-refractivity contribution in [1.29, 1.82) is 0 Å². The highest BCUT2D eigenvalue weighted by Gasteiger charge is 2.38. The lowest BCUT2D eigenvalue weighted by Crippen LogP contribution is -2.52. The molecule has 0 radical (unpaired) electrons. The molecule has 1 atom stereocenters. The Bertz CT molecular complexity index is 1190. The van der Waals surface area contributed by atoms with E-state index in [4.69, 9.17) is 16.3 Å². The molecule has 2 aromatic rings. The highest BCUT2D eigenvalue weighted by molar-refractivity contribution is 6.30. The van der Waals surface area contributed by atoms with E-state index in [1.165, 1.54) is 4.90 Å². The van der Waals surface area contributed by atoms with Crippen molar-refractivity contribution in [2.24, 2.45) is 0 Å². The lowest BCUT2D eigenvalue weighted by atomic mass is 9.83. The van der Waals surface area contributed by atoms with Crippen LogP contribution in [0.1, 0.15) is 37.3 Å². The quantitative estimate of drug-likeness (QED) is 0.547. The maximum Gasteiger partial charge on any atom is 0.336 e. The van der Waals surface area contributed by atoms with Gasteiger partial charge in [0.15, 0.2) is 0 Å². The van der Waals surface area contributed by atoms with Gasteiger partial charge in [0.1, 0.15) is 6.54 Å². The van der Waals surface area contributed by atoms with Crippen molar-refractivity contribution in [3.05, 3.63) is 76.0 Å². The Kier molecular flexibility index (Phi) is 7.99. The van der Waals surface area contributed by atoms with Gasteiger partial charge in [-0.15, -0.1) is 0 Å². The van der Waals surface area contributed by atoms with Crippen LogP contribution in [0.4, 0.5) is 5.69 Å². The minimum absolute atomic E-state index is 0.0920. The fraction of sp³-hybridized carbons (Fsp3) is 0.393. The van der Waals surface area contributed by atoms with Crippen LogP contribution < -0.4 is 4.90 Å². The summed E-state index contributed by atoms with van der Waals surface area (Å²) < 4.78 is 5.36. The van der Waals surface area contributed by atoms with E-state index in [9.17, 15) is 14.4 Å². The number of benzene rings is 2. The molecule has 1 saturated heterocycles. The van der Waals surface area contributed by atoms with E-state index >= 15 is 0 Å². The van der Waals surface area contributed by atoms with Gasteiger partial charge in [-0.05, 0) is 44.5 Å². The largest absolute Gasteiger partial charge is 0.463 e. The summed E-state index contributed by atoms with van der Waals surface area (Å²) in [5.41, 5.74) is 3.91. The molecule has 190 valence electrons. The second kappa shape index (κ2) is 11.2. The van der Waals surface area contributed by atoms with E-state index in [2.05, 4.69) is 4.90 Å². The van der Waals surface area contributed by atoms with Crippen molar-refractivity contribution in [1.82, 2.24) is 9.80 Å². The zero-order valence-corrected chi connectivity index (χ0v) is 21.8. The third-order valence-electron chi connectivity index (χ3n) is 6.86. The molecule has 0 aliphatic carbocycles. The number of amides is 2. The molecule has 0 N–H and O–H groups in total. The van der Waals surface area contributed by atoms with E-state index in [-0.39, 0.29) is 31.4 Å². The Labute approximate surface area is 217 Å². The molecule has 2 aliphatic rings. The number of piperazine rings is 1. The van der Waals surface area contributed by atoms with Crippen molar-refractivity contribution in [2.75, 3.05) is 44.2 Å². The van der Waals surface area contributed by atoms with Gasteiger partial charge in [0, 0.05) is 54.9 Å². The molecule has 1 unspecified atom stereocenters. The first-order chi connectivity index (χ1) is 17.3. The number of hydrogen-bond donors (Lipinski definition) is 0. The number of carbonyl (C=O) groups excluding carboxylic acids is 3. The van der Waals surface area contributed by atoms with Crippen molar-refractivity contribution >= 4 is 35.1 Å². The van der Waals surface area contributed by atoms with Gasteiger partial charge < -0.3 is 19.4 Å². The fourth-order valence-corrected chi connectivity index (χ4v) is 5.16. The number of nitrogens with zero attached hydrogens (tertiary/aromatic N) is 3. The predicted molar refractivity (Wildman–Crippen MR) is 140 cm³/mol. The number of allylic oxidation sites excluding steroid dienone is 1. The summed E-state index contributed by atoms with van der Waals surface area (Å²) in [6, 6.07) is 15.5. The van der Waals surface area contributed by atoms with E-state index < -0.39 is 11.9 Å². The molecular weight excluding hydrogens is 478 g/mol. The molecule has 36 heavy (non-hydrogen) atoms. The van der Waals surface area contributed by atoms with E-state index in [1.54, 1.807) is 18.7 Å². The lowest BCUT2D eigenvalue weighted by Gasteiger charge is -2.38. The van der Waals surface area contributed by atoms with Crippen LogP contribution in [0.3, 0.4) is 0 Å². The van der Waals surface area contributed by atoms with E-state index in [1.807, 2.05) is 55.5 Å². The Balaban J connectivity index is 1.50. The van der Waals surface area contributed by atoms with Crippen LogP contribution in [0.2, 0.25) is 5.02 Å². The molecule has 2 aromatic carbocycles. The summed E-state index contributed by atoms with van der Waals surface area (Å²) in [5.74, 6) is -1.14. The maximum atomic E-state index is 13.2. The van der Waals surface area contributed by atoms with Gasteiger partial charge >= 0.3 is 5.97 Å². The normalized spacial score (nSPS) is 18.5. The second-order valence-electron chi connectivity index (χ2n) is 9.22. The molecule has 7 nitrogen and oxygen atoms in total. The van der Waals surface area contributed by atoms with Crippen molar-refractivity contribution < 1.29 is 19.1 Å². The monoisotopic (exact) mass is 509 g/mol. The Hall–Kier alpha value is -3.32. The Morgan fingerprint density at radius 2 is 1.75 bits per heavy atom. The van der Waals surface area contributed by atoms with Crippen molar-refractivity contribution in [3.63, 3.8) is 0 Å². The van der Waals surface area contributed by atoms with Gasteiger partial charge in [-0.3, -0.25) is 9.59 Å². The van der Waals surface area contributed by atoms with Gasteiger partial charge in [-0.1, -0.05) is 47.5 Å². The molecule has 0 aromatic heterocycles. The zero-order chi connectivity index (χ0) is 25.8. The minimum Gasteiger partial charge on any atom is -0.463 e. The SMILES string of the molecule is CCOC(=O)C1=C(C)N(CC(=O)N2CCN(c3cccc(Cl)c3)CC2)C(=O)CC1c1cccc(C)c1. The van der Waals surface area contributed by atoms with Crippen LogP contribution in [0.25, 0.3) is 0 Å². The molecule has 1 fully saturated rings. The number of carbonyl (C=O) groups is 3. The van der Waals surface area contributed by atoms with E-state index in [0.717, 1.165) is 16.8 Å². The third-order valence-corrected chi connectivity index (χ3v) is 7.10. The second-order valence-corrected chi connectivity index (χ2v) is 9.65. The molecule has 2 heterocycles. The average molecular weight is 510 g/mol. The Morgan fingerprint density at radius 1 is 1.03 bits per heavy atom. The number of hydrogen-bond acceptors (Lipinski definition) is 5. The van der Waals surface area contributed by atoms with Gasteiger partial charge in [0.25, 0.3) is 0 Å². The minimum atomic E-state index is -0.443. The van der Waals surface area contributed by atoms with Crippen molar-refractivity contribution in [3.8, 4) is 0 Å². The van der Waals surface area contributed by atoms with Crippen LogP contribution >= 0.6 is 11.6 Å². The van der Waals surface area contributed by atoms with Crippen molar-refractivity contribution in [2.45, 2.75) is 33.1 Å². The molecule has 8 heteroatoms. The number of rotatable bonds is 6. The topological polar surface area (TPSA) is 70.2 Å². The molecule has 0 spiro atoms. The summed E-state index contributed by atoms with van der Waals surface area (Å²) in [6.45, 7) is 8.07. The lowest BCUT2D eigenvalue weighted by molar-refractivity contribution is -0.142. The number of halogens is 1. The molecular formula is C28H32ClN3O4. The molecule has 0 saturated carbocycles. The maximum absolute atomic E-state index is 13.2. The summed E-state index contributed by atoms with van der Waals surface area (Å²) in [5, 5.41) is 0.679. The summed E-state index contributed by atoms with van der Waals surface area (Å²) >= 11 is 6.12. The molecule has 0 bridgehead atoms.